The van der Waals surface area contributed by atoms with Crippen molar-refractivity contribution in [3.8, 4) is 11.5 Å². The number of rotatable bonds is 5. The van der Waals surface area contributed by atoms with Crippen LogP contribution in [0.5, 0.6) is 11.5 Å². The lowest BCUT2D eigenvalue weighted by molar-refractivity contribution is 0.171. The molecule has 0 bridgehead atoms. The number of ether oxygens (including phenoxy) is 2. The van der Waals surface area contributed by atoms with Crippen molar-refractivity contribution in [3.63, 3.8) is 0 Å². The molecule has 1 aromatic rings. The quantitative estimate of drug-likeness (QED) is 0.899. The summed E-state index contributed by atoms with van der Waals surface area (Å²) < 4.78 is 11.2. The van der Waals surface area contributed by atoms with Crippen molar-refractivity contribution in [2.75, 3.05) is 32.8 Å². The number of hydrogen-bond donors (Lipinski definition) is 1. The molecule has 2 heterocycles. The molecule has 2 fully saturated rings. The number of likely N-dealkylation sites (tertiary alicyclic amines) is 1. The summed E-state index contributed by atoms with van der Waals surface area (Å²) in [7, 11) is 0. The summed E-state index contributed by atoms with van der Waals surface area (Å²) in [5.41, 5.74) is 1.27. The molecule has 2 aliphatic heterocycles. The standard InChI is InChI=1S/C17H24N2O2/c1-4-16-17(21-8-7-20-16)9-13(1)10-18-11-14-5-6-19(12-14)15-2-3-15/h1,4,9,14-15,18H,2-3,5-8,10-12H2. The average molecular weight is 288 g/mol. The molecule has 21 heavy (non-hydrogen) atoms. The topological polar surface area (TPSA) is 33.7 Å². The maximum absolute atomic E-state index is 5.63. The van der Waals surface area contributed by atoms with Gasteiger partial charge in [-0.05, 0) is 56.0 Å². The Morgan fingerprint density at radius 2 is 1.95 bits per heavy atom. The minimum atomic E-state index is 0.656. The van der Waals surface area contributed by atoms with Gasteiger partial charge in [0.05, 0.1) is 0 Å². The third-order valence-corrected chi connectivity index (χ3v) is 4.75. The first-order chi connectivity index (χ1) is 10.4. The lowest BCUT2D eigenvalue weighted by Crippen LogP contribution is -2.27. The predicted octanol–water partition coefficient (Wildman–Crippen LogP) is 2.03. The van der Waals surface area contributed by atoms with Gasteiger partial charge in [0.15, 0.2) is 11.5 Å². The molecule has 0 radical (unpaired) electrons. The van der Waals surface area contributed by atoms with Gasteiger partial charge in [0.25, 0.3) is 0 Å². The molecule has 0 aromatic heterocycles. The van der Waals surface area contributed by atoms with Crippen LogP contribution in [-0.2, 0) is 6.54 Å². The SMILES string of the molecule is c1cc2c(cc1CNCC1CCN(C3CC3)C1)OCCO2. The Morgan fingerprint density at radius 3 is 2.81 bits per heavy atom. The molecule has 1 unspecified atom stereocenters. The van der Waals surface area contributed by atoms with E-state index in [0.717, 1.165) is 36.5 Å². The van der Waals surface area contributed by atoms with Gasteiger partial charge in [-0.3, -0.25) is 0 Å². The third-order valence-electron chi connectivity index (χ3n) is 4.75. The van der Waals surface area contributed by atoms with Crippen LogP contribution < -0.4 is 14.8 Å². The molecule has 4 heteroatoms. The van der Waals surface area contributed by atoms with Gasteiger partial charge in [-0.2, -0.15) is 0 Å². The van der Waals surface area contributed by atoms with Crippen LogP contribution >= 0.6 is 0 Å². The second-order valence-corrected chi connectivity index (χ2v) is 6.49. The lowest BCUT2D eigenvalue weighted by Gasteiger charge is -2.19. The average Bonchev–Trinajstić information content (AvgIpc) is 3.27. The second-order valence-electron chi connectivity index (χ2n) is 6.49. The minimum Gasteiger partial charge on any atom is -0.486 e. The molecule has 4 rings (SSSR count). The van der Waals surface area contributed by atoms with Gasteiger partial charge < -0.3 is 19.7 Å². The fraction of sp³-hybridized carbons (Fsp3) is 0.647. The molecule has 1 aromatic carbocycles. The van der Waals surface area contributed by atoms with Crippen molar-refractivity contribution in [2.45, 2.75) is 31.8 Å². The van der Waals surface area contributed by atoms with Gasteiger partial charge in [0.1, 0.15) is 13.2 Å². The van der Waals surface area contributed by atoms with E-state index in [-0.39, 0.29) is 0 Å². The van der Waals surface area contributed by atoms with Crippen LogP contribution in [0.25, 0.3) is 0 Å². The fourth-order valence-electron chi connectivity index (χ4n) is 3.42. The molecule has 3 aliphatic rings. The molecule has 114 valence electrons. The van der Waals surface area contributed by atoms with Crippen LogP contribution in [0.1, 0.15) is 24.8 Å². The van der Waals surface area contributed by atoms with Crippen molar-refractivity contribution < 1.29 is 9.47 Å². The van der Waals surface area contributed by atoms with E-state index in [0.29, 0.717) is 13.2 Å². The monoisotopic (exact) mass is 288 g/mol. The van der Waals surface area contributed by atoms with E-state index in [2.05, 4.69) is 22.3 Å². The van der Waals surface area contributed by atoms with Crippen LogP contribution in [0, 0.1) is 5.92 Å². The number of nitrogens with one attached hydrogen (secondary N) is 1. The van der Waals surface area contributed by atoms with Crippen molar-refractivity contribution in [3.05, 3.63) is 23.8 Å². The Kier molecular flexibility index (Phi) is 3.74. The summed E-state index contributed by atoms with van der Waals surface area (Å²) >= 11 is 0. The van der Waals surface area contributed by atoms with Gasteiger partial charge in [0.2, 0.25) is 0 Å². The summed E-state index contributed by atoms with van der Waals surface area (Å²) in [5, 5.41) is 3.61. The van der Waals surface area contributed by atoms with E-state index in [1.165, 1.54) is 37.9 Å². The summed E-state index contributed by atoms with van der Waals surface area (Å²) in [4.78, 5) is 2.68. The first-order valence-corrected chi connectivity index (χ1v) is 8.22. The van der Waals surface area contributed by atoms with Crippen molar-refractivity contribution in [2.24, 2.45) is 5.92 Å². The Labute approximate surface area is 126 Å². The zero-order chi connectivity index (χ0) is 14.1. The largest absolute Gasteiger partial charge is 0.486 e. The summed E-state index contributed by atoms with van der Waals surface area (Å²) in [6, 6.07) is 7.18. The molecule has 1 aliphatic carbocycles. The Balaban J connectivity index is 1.25. The van der Waals surface area contributed by atoms with E-state index in [9.17, 15) is 0 Å². The van der Waals surface area contributed by atoms with Crippen molar-refractivity contribution in [1.29, 1.82) is 0 Å². The van der Waals surface area contributed by atoms with E-state index < -0.39 is 0 Å². The van der Waals surface area contributed by atoms with Gasteiger partial charge in [-0.1, -0.05) is 6.07 Å². The Bertz CT molecular complexity index is 502. The van der Waals surface area contributed by atoms with Gasteiger partial charge in [-0.15, -0.1) is 0 Å². The smallest absolute Gasteiger partial charge is 0.161 e. The molecule has 4 nitrogen and oxygen atoms in total. The highest BCUT2D eigenvalue weighted by Crippen LogP contribution is 2.32. The van der Waals surface area contributed by atoms with Crippen molar-refractivity contribution in [1.82, 2.24) is 10.2 Å². The summed E-state index contributed by atoms with van der Waals surface area (Å²) in [6.45, 7) is 5.95. The first-order valence-electron chi connectivity index (χ1n) is 8.22. The van der Waals surface area contributed by atoms with Crippen LogP contribution in [0.2, 0.25) is 0 Å². The van der Waals surface area contributed by atoms with Crippen LogP contribution in [0.3, 0.4) is 0 Å². The van der Waals surface area contributed by atoms with Gasteiger partial charge in [-0.25, -0.2) is 0 Å². The molecule has 1 saturated heterocycles. The van der Waals surface area contributed by atoms with Crippen LogP contribution in [-0.4, -0.2) is 43.8 Å². The van der Waals surface area contributed by atoms with Gasteiger partial charge >= 0.3 is 0 Å². The lowest BCUT2D eigenvalue weighted by atomic mass is 10.1. The molecule has 1 saturated carbocycles. The molecule has 0 amide bonds. The predicted molar refractivity (Wildman–Crippen MR) is 81.8 cm³/mol. The molecular formula is C17H24N2O2. The van der Waals surface area contributed by atoms with Crippen LogP contribution in [0.4, 0.5) is 0 Å². The summed E-state index contributed by atoms with van der Waals surface area (Å²) in [6.07, 6.45) is 4.21. The number of fused-ring (bicyclic) bond motifs is 1. The zero-order valence-electron chi connectivity index (χ0n) is 12.5. The van der Waals surface area contributed by atoms with Gasteiger partial charge in [0, 0.05) is 19.1 Å². The second kappa shape index (κ2) is 5.85. The van der Waals surface area contributed by atoms with E-state index in [1.807, 2.05) is 6.07 Å². The first kappa shape index (κ1) is 13.4. The van der Waals surface area contributed by atoms with Crippen molar-refractivity contribution >= 4 is 0 Å². The highest BCUT2D eigenvalue weighted by atomic mass is 16.6. The van der Waals surface area contributed by atoms with Crippen LogP contribution in [0.15, 0.2) is 18.2 Å². The summed E-state index contributed by atoms with van der Waals surface area (Å²) in [5.74, 6) is 2.59. The molecule has 0 spiro atoms. The fourth-order valence-corrected chi connectivity index (χ4v) is 3.42. The number of benzene rings is 1. The molecule has 1 atom stereocenters. The highest BCUT2D eigenvalue weighted by molar-refractivity contribution is 5.43. The number of hydrogen-bond acceptors (Lipinski definition) is 4. The number of nitrogens with zero attached hydrogens (tertiary/aromatic N) is 1. The maximum Gasteiger partial charge on any atom is 0.161 e. The van der Waals surface area contributed by atoms with E-state index >= 15 is 0 Å². The van der Waals surface area contributed by atoms with E-state index in [1.54, 1.807) is 0 Å². The Morgan fingerprint density at radius 1 is 1.10 bits per heavy atom. The highest BCUT2D eigenvalue weighted by Gasteiger charge is 2.33. The molecule has 1 N–H and O–H groups in total. The maximum atomic E-state index is 5.63. The van der Waals surface area contributed by atoms with E-state index in [4.69, 9.17) is 9.47 Å². The third kappa shape index (κ3) is 3.16. The minimum absolute atomic E-state index is 0.656. The molecular weight excluding hydrogens is 264 g/mol. The zero-order valence-corrected chi connectivity index (χ0v) is 12.5. The Hall–Kier alpha value is -1.26. The normalized spacial score (nSPS) is 25.2.